The summed E-state index contributed by atoms with van der Waals surface area (Å²) in [5.41, 5.74) is 1.78. The van der Waals surface area contributed by atoms with Crippen molar-refractivity contribution in [1.29, 1.82) is 0 Å². The zero-order valence-corrected chi connectivity index (χ0v) is 17.1. The van der Waals surface area contributed by atoms with E-state index < -0.39 is 0 Å². The number of aryl methyl sites for hydroxylation is 1. The van der Waals surface area contributed by atoms with E-state index in [9.17, 15) is 4.79 Å². The van der Waals surface area contributed by atoms with Gasteiger partial charge in [-0.05, 0) is 51.1 Å². The maximum atomic E-state index is 12.2. The van der Waals surface area contributed by atoms with Crippen LogP contribution in [0, 0.1) is 6.92 Å². The second-order valence-corrected chi connectivity index (χ2v) is 8.55. The Labute approximate surface area is 165 Å². The van der Waals surface area contributed by atoms with Gasteiger partial charge < -0.3 is 5.32 Å². The number of anilines is 1. The number of aromatic nitrogens is 3. The molecule has 2 heterocycles. The van der Waals surface area contributed by atoms with Crippen LogP contribution < -0.4 is 5.32 Å². The molecule has 1 amide bonds. The number of hydrogen-bond acceptors (Lipinski definition) is 5. The van der Waals surface area contributed by atoms with Crippen molar-refractivity contribution in [3.8, 4) is 11.4 Å². The molecule has 0 fully saturated rings. The molecule has 3 rings (SSSR count). The fraction of sp³-hybridized carbons (Fsp3) is 0.278. The summed E-state index contributed by atoms with van der Waals surface area (Å²) in [6.45, 7) is 6.24. The Morgan fingerprint density at radius 2 is 2.04 bits per heavy atom. The number of rotatable bonds is 6. The highest BCUT2D eigenvalue weighted by molar-refractivity contribution is 7.99. The number of nitrogens with zero attached hydrogens (tertiary/aromatic N) is 3. The van der Waals surface area contributed by atoms with E-state index in [0.29, 0.717) is 5.02 Å². The number of hydrogen-bond donors (Lipinski definition) is 1. The third kappa shape index (κ3) is 4.47. The Kier molecular flexibility index (Phi) is 6.01. The Hall–Kier alpha value is -1.83. The van der Waals surface area contributed by atoms with Crippen molar-refractivity contribution >= 4 is 46.3 Å². The summed E-state index contributed by atoms with van der Waals surface area (Å²) in [5.74, 6) is 1.00. The van der Waals surface area contributed by atoms with Crippen LogP contribution in [-0.2, 0) is 4.79 Å². The third-order valence-corrected chi connectivity index (χ3v) is 5.69. The van der Waals surface area contributed by atoms with E-state index in [-0.39, 0.29) is 17.7 Å². The first kappa shape index (κ1) is 18.9. The molecule has 0 aliphatic rings. The smallest absolute Gasteiger partial charge is 0.234 e. The van der Waals surface area contributed by atoms with Crippen LogP contribution in [0.5, 0.6) is 0 Å². The molecule has 3 aromatic rings. The zero-order chi connectivity index (χ0) is 18.7. The topological polar surface area (TPSA) is 59.8 Å². The molecule has 2 aromatic heterocycles. The molecule has 1 N–H and O–H groups in total. The first-order valence-corrected chi connectivity index (χ1v) is 10.4. The fourth-order valence-electron chi connectivity index (χ4n) is 2.46. The molecule has 0 radical (unpaired) electrons. The van der Waals surface area contributed by atoms with E-state index in [2.05, 4.69) is 52.3 Å². The summed E-state index contributed by atoms with van der Waals surface area (Å²) in [6.07, 6.45) is 0. The molecule has 0 aliphatic heterocycles. The average Bonchev–Trinajstić information content (AvgIpc) is 3.21. The molecule has 8 heteroatoms. The predicted octanol–water partition coefficient (Wildman–Crippen LogP) is 5.28. The maximum absolute atomic E-state index is 12.2. The number of carbonyl (C=O) groups excluding carboxylic acids is 1. The summed E-state index contributed by atoms with van der Waals surface area (Å²) in [5, 5.41) is 15.0. The van der Waals surface area contributed by atoms with Crippen molar-refractivity contribution in [2.45, 2.75) is 32.0 Å². The largest absolute Gasteiger partial charge is 0.325 e. The van der Waals surface area contributed by atoms with Crippen molar-refractivity contribution < 1.29 is 4.79 Å². The van der Waals surface area contributed by atoms with E-state index in [4.69, 9.17) is 11.6 Å². The highest BCUT2D eigenvalue weighted by Gasteiger charge is 2.18. The standard InChI is InChI=1S/C18H19ClN4OS2/c1-11(2)23-17(13-8-12(3)25-9-13)21-22-18(23)26-10-16(24)20-15-6-4-14(19)5-7-15/h4-9,11H,10H2,1-3H3,(H,20,24). The van der Waals surface area contributed by atoms with Crippen LogP contribution in [0.4, 0.5) is 5.69 Å². The van der Waals surface area contributed by atoms with Gasteiger partial charge in [0.2, 0.25) is 5.91 Å². The van der Waals surface area contributed by atoms with Gasteiger partial charge >= 0.3 is 0 Å². The summed E-state index contributed by atoms with van der Waals surface area (Å²) in [7, 11) is 0. The quantitative estimate of drug-likeness (QED) is 0.565. The van der Waals surface area contributed by atoms with Gasteiger partial charge in [-0.2, -0.15) is 0 Å². The second-order valence-electron chi connectivity index (χ2n) is 6.06. The van der Waals surface area contributed by atoms with Crippen molar-refractivity contribution in [2.24, 2.45) is 0 Å². The lowest BCUT2D eigenvalue weighted by Crippen LogP contribution is -2.15. The molecule has 26 heavy (non-hydrogen) atoms. The van der Waals surface area contributed by atoms with Crippen LogP contribution in [0.2, 0.25) is 5.02 Å². The maximum Gasteiger partial charge on any atom is 0.234 e. The number of thiophene rings is 1. The van der Waals surface area contributed by atoms with Crippen LogP contribution in [0.25, 0.3) is 11.4 Å². The highest BCUT2D eigenvalue weighted by Crippen LogP contribution is 2.30. The van der Waals surface area contributed by atoms with Crippen molar-refractivity contribution in [2.75, 3.05) is 11.1 Å². The molecule has 0 saturated carbocycles. The van der Waals surface area contributed by atoms with E-state index in [0.717, 1.165) is 22.2 Å². The SMILES string of the molecule is Cc1cc(-c2nnc(SCC(=O)Nc3ccc(Cl)cc3)n2C(C)C)cs1. The van der Waals surface area contributed by atoms with Crippen LogP contribution >= 0.6 is 34.7 Å². The van der Waals surface area contributed by atoms with E-state index >= 15 is 0 Å². The molecule has 0 aliphatic carbocycles. The first-order valence-electron chi connectivity index (χ1n) is 8.12. The van der Waals surface area contributed by atoms with Gasteiger partial charge in [-0.3, -0.25) is 9.36 Å². The minimum Gasteiger partial charge on any atom is -0.325 e. The number of carbonyl (C=O) groups is 1. The number of amides is 1. The van der Waals surface area contributed by atoms with Gasteiger partial charge in [-0.1, -0.05) is 23.4 Å². The first-order chi connectivity index (χ1) is 12.4. The Bertz CT molecular complexity index is 902. The molecular formula is C18H19ClN4OS2. The summed E-state index contributed by atoms with van der Waals surface area (Å²) in [4.78, 5) is 13.4. The van der Waals surface area contributed by atoms with E-state index in [1.807, 2.05) is 0 Å². The fourth-order valence-corrected chi connectivity index (χ4v) is 4.13. The van der Waals surface area contributed by atoms with Gasteiger partial charge in [0, 0.05) is 32.6 Å². The van der Waals surface area contributed by atoms with Crippen molar-refractivity contribution in [1.82, 2.24) is 14.8 Å². The molecule has 5 nitrogen and oxygen atoms in total. The zero-order valence-electron chi connectivity index (χ0n) is 14.7. The number of benzene rings is 1. The van der Waals surface area contributed by atoms with Gasteiger partial charge in [0.05, 0.1) is 5.75 Å². The highest BCUT2D eigenvalue weighted by atomic mass is 35.5. The Morgan fingerprint density at radius 3 is 2.65 bits per heavy atom. The molecule has 136 valence electrons. The van der Waals surface area contributed by atoms with E-state index in [1.54, 1.807) is 35.6 Å². The molecule has 0 unspecified atom stereocenters. The number of halogens is 1. The monoisotopic (exact) mass is 406 g/mol. The van der Waals surface area contributed by atoms with Gasteiger partial charge in [-0.15, -0.1) is 21.5 Å². The lowest BCUT2D eigenvalue weighted by Gasteiger charge is -2.13. The van der Waals surface area contributed by atoms with Gasteiger partial charge in [0.25, 0.3) is 0 Å². The van der Waals surface area contributed by atoms with Crippen molar-refractivity contribution in [3.63, 3.8) is 0 Å². The third-order valence-electron chi connectivity index (χ3n) is 3.63. The molecule has 0 spiro atoms. The Morgan fingerprint density at radius 1 is 1.31 bits per heavy atom. The summed E-state index contributed by atoms with van der Waals surface area (Å²) >= 11 is 8.93. The van der Waals surface area contributed by atoms with Crippen LogP contribution in [-0.4, -0.2) is 26.4 Å². The second kappa shape index (κ2) is 8.24. The molecule has 0 bridgehead atoms. The molecule has 0 saturated heterocycles. The molecular weight excluding hydrogens is 388 g/mol. The lowest BCUT2D eigenvalue weighted by molar-refractivity contribution is -0.113. The van der Waals surface area contributed by atoms with Gasteiger partial charge in [0.1, 0.15) is 0 Å². The number of nitrogens with one attached hydrogen (secondary N) is 1. The Balaban J connectivity index is 1.70. The minimum absolute atomic E-state index is 0.0939. The van der Waals surface area contributed by atoms with Crippen LogP contribution in [0.15, 0.2) is 40.9 Å². The minimum atomic E-state index is -0.0939. The van der Waals surface area contributed by atoms with E-state index in [1.165, 1.54) is 16.6 Å². The predicted molar refractivity (Wildman–Crippen MR) is 109 cm³/mol. The van der Waals surface area contributed by atoms with Crippen LogP contribution in [0.3, 0.4) is 0 Å². The molecule has 1 aromatic carbocycles. The van der Waals surface area contributed by atoms with Crippen molar-refractivity contribution in [3.05, 3.63) is 45.6 Å². The summed E-state index contributed by atoms with van der Waals surface area (Å²) < 4.78 is 2.07. The summed E-state index contributed by atoms with van der Waals surface area (Å²) in [6, 6.07) is 9.35. The van der Waals surface area contributed by atoms with Gasteiger partial charge in [0.15, 0.2) is 11.0 Å². The average molecular weight is 407 g/mol. The van der Waals surface area contributed by atoms with Gasteiger partial charge in [-0.25, -0.2) is 0 Å². The normalized spacial score (nSPS) is 11.1. The molecule has 0 atom stereocenters. The lowest BCUT2D eigenvalue weighted by atomic mass is 10.3. The van der Waals surface area contributed by atoms with Crippen LogP contribution in [0.1, 0.15) is 24.8 Å². The number of thioether (sulfide) groups is 1.